The molecule has 3 nitrogen and oxygen atoms in total. The van der Waals surface area contributed by atoms with Gasteiger partial charge in [0, 0.05) is 37.3 Å². The molecule has 21 heavy (non-hydrogen) atoms. The molecule has 1 saturated carbocycles. The summed E-state index contributed by atoms with van der Waals surface area (Å²) in [4.78, 5) is 5.70. The van der Waals surface area contributed by atoms with Crippen molar-refractivity contribution in [2.24, 2.45) is 5.92 Å². The first-order chi connectivity index (χ1) is 10.3. The van der Waals surface area contributed by atoms with Gasteiger partial charge < -0.3 is 10.2 Å². The number of hydrogen-bond donors (Lipinski definition) is 1. The van der Waals surface area contributed by atoms with Crippen molar-refractivity contribution in [3.05, 3.63) is 0 Å². The Labute approximate surface area is 130 Å². The average Bonchev–Trinajstić information content (AvgIpc) is 2.57. The molecule has 0 aromatic heterocycles. The molecule has 0 amide bonds. The Balaban J connectivity index is 1.52. The highest BCUT2D eigenvalue weighted by Crippen LogP contribution is 2.37. The molecule has 0 radical (unpaired) electrons. The summed E-state index contributed by atoms with van der Waals surface area (Å²) in [6.07, 6.45) is 11.4. The van der Waals surface area contributed by atoms with Gasteiger partial charge in [0.05, 0.1) is 0 Å². The molecule has 5 aliphatic rings. The van der Waals surface area contributed by atoms with E-state index in [4.69, 9.17) is 0 Å². The van der Waals surface area contributed by atoms with Gasteiger partial charge in [-0.15, -0.1) is 0 Å². The predicted octanol–water partition coefficient (Wildman–Crippen LogP) is 2.47. The zero-order valence-corrected chi connectivity index (χ0v) is 13.8. The summed E-state index contributed by atoms with van der Waals surface area (Å²) in [5.74, 6) is 0.989. The predicted molar refractivity (Wildman–Crippen MR) is 87.6 cm³/mol. The Morgan fingerprint density at radius 1 is 1.10 bits per heavy atom. The maximum absolute atomic E-state index is 3.99. The summed E-state index contributed by atoms with van der Waals surface area (Å²) >= 11 is 0. The molecule has 2 unspecified atom stereocenters. The van der Waals surface area contributed by atoms with Crippen LogP contribution in [0.25, 0.3) is 0 Å². The molecule has 1 aliphatic carbocycles. The molecule has 2 atom stereocenters. The average molecular weight is 291 g/mol. The van der Waals surface area contributed by atoms with Crippen LogP contribution in [0.4, 0.5) is 0 Å². The Bertz CT molecular complexity index is 355. The second-order valence-corrected chi connectivity index (χ2v) is 8.16. The van der Waals surface area contributed by atoms with E-state index in [-0.39, 0.29) is 0 Å². The van der Waals surface area contributed by atoms with E-state index in [1.165, 1.54) is 84.1 Å². The topological polar surface area (TPSA) is 18.5 Å². The molecular formula is C18H33N3. The number of piperazine rings is 1. The number of fused-ring (bicyclic) bond motifs is 3. The van der Waals surface area contributed by atoms with Gasteiger partial charge in [-0.25, -0.2) is 0 Å². The van der Waals surface area contributed by atoms with Crippen LogP contribution >= 0.6 is 0 Å². The van der Waals surface area contributed by atoms with Gasteiger partial charge >= 0.3 is 0 Å². The number of nitrogens with one attached hydrogen (secondary N) is 1. The molecule has 5 fully saturated rings. The van der Waals surface area contributed by atoms with Crippen LogP contribution in [0.15, 0.2) is 0 Å². The highest BCUT2D eigenvalue weighted by Gasteiger charge is 2.45. The molecular weight excluding hydrogens is 258 g/mol. The fourth-order valence-corrected chi connectivity index (χ4v) is 5.63. The Hall–Kier alpha value is -0.120. The lowest BCUT2D eigenvalue weighted by molar-refractivity contribution is -0.0516. The second kappa shape index (κ2) is 5.82. The number of piperidine rings is 3. The lowest BCUT2D eigenvalue weighted by Crippen LogP contribution is -2.70. The zero-order valence-electron chi connectivity index (χ0n) is 13.8. The maximum atomic E-state index is 3.99. The van der Waals surface area contributed by atoms with Crippen LogP contribution in [0.2, 0.25) is 0 Å². The molecule has 0 aromatic carbocycles. The second-order valence-electron chi connectivity index (χ2n) is 8.16. The third-order valence-electron chi connectivity index (χ3n) is 7.00. The molecule has 4 heterocycles. The molecule has 4 saturated heterocycles. The molecule has 1 spiro atoms. The normalized spacial score (nSPS) is 43.3. The van der Waals surface area contributed by atoms with Crippen LogP contribution in [0, 0.1) is 5.92 Å². The quantitative estimate of drug-likeness (QED) is 0.843. The van der Waals surface area contributed by atoms with Gasteiger partial charge in [0.25, 0.3) is 0 Å². The first-order valence-electron chi connectivity index (χ1n) is 9.53. The summed E-state index contributed by atoms with van der Waals surface area (Å²) in [7, 11) is 0. The SMILES string of the molecule is CCC1CNC2(CCCCC2)CN1C1CN2CCC1CC2. The van der Waals surface area contributed by atoms with Gasteiger partial charge in [-0.1, -0.05) is 26.2 Å². The molecule has 4 aliphatic heterocycles. The van der Waals surface area contributed by atoms with E-state index < -0.39 is 0 Å². The lowest BCUT2D eigenvalue weighted by atomic mass is 9.76. The summed E-state index contributed by atoms with van der Waals surface area (Å²) in [5, 5.41) is 3.99. The molecule has 3 heteroatoms. The minimum atomic E-state index is 0.468. The zero-order chi connectivity index (χ0) is 14.3. The van der Waals surface area contributed by atoms with Crippen LogP contribution in [0.1, 0.15) is 58.3 Å². The van der Waals surface area contributed by atoms with E-state index in [1.54, 1.807) is 0 Å². The van der Waals surface area contributed by atoms with Crippen molar-refractivity contribution in [1.82, 2.24) is 15.1 Å². The fourth-order valence-electron chi connectivity index (χ4n) is 5.63. The molecule has 1 N–H and O–H groups in total. The minimum Gasteiger partial charge on any atom is -0.308 e. The van der Waals surface area contributed by atoms with Crippen molar-refractivity contribution in [2.75, 3.05) is 32.7 Å². The molecule has 0 aromatic rings. The fraction of sp³-hybridized carbons (Fsp3) is 1.00. The van der Waals surface area contributed by atoms with Gasteiger partial charge in [-0.2, -0.15) is 0 Å². The lowest BCUT2D eigenvalue weighted by Gasteiger charge is -2.57. The van der Waals surface area contributed by atoms with E-state index in [0.29, 0.717) is 5.54 Å². The van der Waals surface area contributed by atoms with Gasteiger partial charge in [0.2, 0.25) is 0 Å². The summed E-state index contributed by atoms with van der Waals surface area (Å²) in [5.41, 5.74) is 0.468. The first kappa shape index (κ1) is 14.5. The number of hydrogen-bond acceptors (Lipinski definition) is 3. The summed E-state index contributed by atoms with van der Waals surface area (Å²) in [6.45, 7) is 9.06. The van der Waals surface area contributed by atoms with Gasteiger partial charge in [0.15, 0.2) is 0 Å². The highest BCUT2D eigenvalue weighted by molar-refractivity contribution is 5.04. The monoisotopic (exact) mass is 291 g/mol. The Morgan fingerprint density at radius 2 is 1.86 bits per heavy atom. The van der Waals surface area contributed by atoms with Crippen molar-refractivity contribution in [3.63, 3.8) is 0 Å². The van der Waals surface area contributed by atoms with Crippen molar-refractivity contribution in [1.29, 1.82) is 0 Å². The Kier molecular flexibility index (Phi) is 4.01. The highest BCUT2D eigenvalue weighted by atomic mass is 15.3. The first-order valence-corrected chi connectivity index (χ1v) is 9.53. The molecule has 5 rings (SSSR count). The minimum absolute atomic E-state index is 0.468. The van der Waals surface area contributed by atoms with E-state index in [0.717, 1.165) is 18.0 Å². The summed E-state index contributed by atoms with van der Waals surface area (Å²) in [6, 6.07) is 1.64. The van der Waals surface area contributed by atoms with Crippen molar-refractivity contribution in [3.8, 4) is 0 Å². The van der Waals surface area contributed by atoms with Crippen molar-refractivity contribution in [2.45, 2.75) is 75.9 Å². The van der Waals surface area contributed by atoms with E-state index in [9.17, 15) is 0 Å². The van der Waals surface area contributed by atoms with Gasteiger partial charge in [-0.3, -0.25) is 4.90 Å². The van der Waals surface area contributed by atoms with Crippen LogP contribution < -0.4 is 5.32 Å². The standard InChI is InChI=1S/C18H33N3/c1-2-16-12-19-18(8-4-3-5-9-18)14-21(16)17-13-20-10-6-15(17)7-11-20/h15-17,19H,2-14H2,1H3. The maximum Gasteiger partial charge on any atom is 0.0309 e. The molecule has 2 bridgehead atoms. The van der Waals surface area contributed by atoms with Crippen LogP contribution in [-0.4, -0.2) is 60.1 Å². The third kappa shape index (κ3) is 2.66. The van der Waals surface area contributed by atoms with Gasteiger partial charge in [-0.05, 0) is 51.1 Å². The van der Waals surface area contributed by atoms with Crippen LogP contribution in [0.5, 0.6) is 0 Å². The molecule has 120 valence electrons. The van der Waals surface area contributed by atoms with E-state index in [2.05, 4.69) is 22.0 Å². The smallest absolute Gasteiger partial charge is 0.0309 e. The number of rotatable bonds is 2. The van der Waals surface area contributed by atoms with E-state index in [1.807, 2.05) is 0 Å². The Morgan fingerprint density at radius 3 is 2.48 bits per heavy atom. The summed E-state index contributed by atoms with van der Waals surface area (Å²) < 4.78 is 0. The van der Waals surface area contributed by atoms with Crippen LogP contribution in [0.3, 0.4) is 0 Å². The van der Waals surface area contributed by atoms with Gasteiger partial charge in [0.1, 0.15) is 0 Å². The largest absolute Gasteiger partial charge is 0.308 e. The van der Waals surface area contributed by atoms with Crippen molar-refractivity contribution >= 4 is 0 Å². The third-order valence-corrected chi connectivity index (χ3v) is 7.00. The number of nitrogens with zero attached hydrogens (tertiary/aromatic N) is 2. The van der Waals surface area contributed by atoms with Crippen LogP contribution in [-0.2, 0) is 0 Å². The van der Waals surface area contributed by atoms with E-state index >= 15 is 0 Å². The van der Waals surface area contributed by atoms with Crippen molar-refractivity contribution < 1.29 is 0 Å².